The molecule has 20 nitrogen and oxygen atoms in total. The molecule has 60 heavy (non-hydrogen) atoms. The predicted molar refractivity (Wildman–Crippen MR) is 206 cm³/mol. The second kappa shape index (κ2) is 16.7. The SMILES string of the molecule is CC[C@]1(O)C(=O)OCc2c1cc1n(c2=O)Cc2c-1nc1cc(F)c(C)c3c1c2[C@H](NC(=O)[C@@H]1COCCN1C(=O)CNC(=O)CNC(=O)CNC(=O)CNC(=O)CN)CC3. The van der Waals surface area contributed by atoms with E-state index in [0.717, 1.165) is 0 Å². The maximum Gasteiger partial charge on any atom is 0.343 e. The lowest BCUT2D eigenvalue weighted by molar-refractivity contribution is -0.172. The number of carbonyl (C=O) groups excluding carboxylic acids is 7. The molecule has 0 radical (unpaired) electrons. The Balaban J connectivity index is 1.07. The fourth-order valence-corrected chi connectivity index (χ4v) is 8.16. The number of halogens is 1. The lowest BCUT2D eigenvalue weighted by Crippen LogP contribution is -2.58. The number of nitrogens with one attached hydrogen (secondary N) is 5. The van der Waals surface area contributed by atoms with Gasteiger partial charge in [0.25, 0.3) is 5.56 Å². The highest BCUT2D eigenvalue weighted by Gasteiger charge is 2.46. The number of aryl methyl sites for hydroxylation is 1. The van der Waals surface area contributed by atoms with E-state index in [1.807, 2.05) is 0 Å². The van der Waals surface area contributed by atoms with E-state index in [1.54, 1.807) is 19.9 Å². The summed E-state index contributed by atoms with van der Waals surface area (Å²) in [6, 6.07) is 1.09. The van der Waals surface area contributed by atoms with E-state index in [4.69, 9.17) is 20.2 Å². The van der Waals surface area contributed by atoms with Crippen molar-refractivity contribution in [3.8, 4) is 11.4 Å². The second-order valence-electron chi connectivity index (χ2n) is 14.9. The molecule has 0 bridgehead atoms. The van der Waals surface area contributed by atoms with Crippen molar-refractivity contribution in [3.05, 3.63) is 61.7 Å². The predicted octanol–water partition coefficient (Wildman–Crippen LogP) is -2.72. The number of nitrogens with two attached hydrogens (primary N) is 1. The normalized spacial score (nSPS) is 19.9. The van der Waals surface area contributed by atoms with Gasteiger partial charge in [0.05, 0.1) is 81.0 Å². The molecule has 6 amide bonds. The number of fused-ring (bicyclic) bond motifs is 5. The maximum atomic E-state index is 15.4. The highest BCUT2D eigenvalue weighted by atomic mass is 19.1. The Bertz CT molecular complexity index is 2420. The Morgan fingerprint density at radius 1 is 0.967 bits per heavy atom. The van der Waals surface area contributed by atoms with E-state index in [-0.39, 0.29) is 63.5 Å². The molecule has 8 N–H and O–H groups in total. The highest BCUT2D eigenvalue weighted by molar-refractivity contribution is 5.96. The van der Waals surface area contributed by atoms with Crippen molar-refractivity contribution in [2.24, 2.45) is 5.73 Å². The summed E-state index contributed by atoms with van der Waals surface area (Å²) in [7, 11) is 0. The van der Waals surface area contributed by atoms with Crippen LogP contribution in [-0.4, -0.2) is 119 Å². The van der Waals surface area contributed by atoms with Crippen molar-refractivity contribution in [1.29, 1.82) is 0 Å². The molecule has 1 saturated heterocycles. The van der Waals surface area contributed by atoms with Gasteiger partial charge >= 0.3 is 5.97 Å². The number of benzene rings is 1. The quantitative estimate of drug-likeness (QED) is 0.0716. The van der Waals surface area contributed by atoms with E-state index in [9.17, 15) is 43.5 Å². The van der Waals surface area contributed by atoms with Gasteiger partial charge in [-0.15, -0.1) is 0 Å². The number of hydrogen-bond acceptors (Lipinski definition) is 13. The number of ether oxygens (including phenoxy) is 2. The van der Waals surface area contributed by atoms with Crippen molar-refractivity contribution < 1.29 is 52.5 Å². The summed E-state index contributed by atoms with van der Waals surface area (Å²) in [6.45, 7) is 0.825. The highest BCUT2D eigenvalue weighted by Crippen LogP contribution is 2.46. The van der Waals surface area contributed by atoms with E-state index in [0.29, 0.717) is 57.4 Å². The number of hydrogen-bond donors (Lipinski definition) is 7. The minimum Gasteiger partial charge on any atom is -0.458 e. The van der Waals surface area contributed by atoms with Crippen LogP contribution in [0.5, 0.6) is 0 Å². The molecular weight excluding hydrogens is 789 g/mol. The average Bonchev–Trinajstić information content (AvgIpc) is 3.62. The Labute approximate surface area is 340 Å². The molecule has 21 heteroatoms. The summed E-state index contributed by atoms with van der Waals surface area (Å²) in [6.07, 6.45) is 0.672. The molecule has 1 aromatic carbocycles. The van der Waals surface area contributed by atoms with Crippen LogP contribution in [0.4, 0.5) is 4.39 Å². The Morgan fingerprint density at radius 2 is 1.63 bits per heavy atom. The number of carbonyl (C=O) groups is 7. The van der Waals surface area contributed by atoms with Gasteiger partial charge in [-0.1, -0.05) is 6.92 Å². The van der Waals surface area contributed by atoms with Crippen molar-refractivity contribution in [2.75, 3.05) is 52.5 Å². The van der Waals surface area contributed by atoms with Crippen LogP contribution in [0, 0.1) is 12.7 Å². The minimum absolute atomic E-state index is 0.0368. The maximum absolute atomic E-state index is 15.4. The fourth-order valence-electron chi connectivity index (χ4n) is 8.16. The Hall–Kier alpha value is -6.32. The van der Waals surface area contributed by atoms with Crippen LogP contribution in [0.3, 0.4) is 0 Å². The van der Waals surface area contributed by atoms with Crippen LogP contribution in [0.25, 0.3) is 22.3 Å². The number of aliphatic hydroxyl groups is 1. The number of nitrogens with zero attached hydrogens (tertiary/aromatic N) is 3. The minimum atomic E-state index is -2.05. The first kappa shape index (κ1) is 41.8. The van der Waals surface area contributed by atoms with Gasteiger partial charge in [-0.3, -0.25) is 33.6 Å². The number of rotatable bonds is 12. The Morgan fingerprint density at radius 3 is 2.30 bits per heavy atom. The van der Waals surface area contributed by atoms with E-state index >= 15 is 4.39 Å². The van der Waals surface area contributed by atoms with Gasteiger partial charge in [0.1, 0.15) is 18.5 Å². The zero-order chi connectivity index (χ0) is 43.0. The van der Waals surface area contributed by atoms with Crippen molar-refractivity contribution in [1.82, 2.24) is 41.0 Å². The van der Waals surface area contributed by atoms with Crippen LogP contribution >= 0.6 is 0 Å². The monoisotopic (exact) mass is 833 g/mol. The zero-order valence-electron chi connectivity index (χ0n) is 32.8. The standard InChI is InChI=1S/C39H44FN9O11/c1-3-39(58)22-8-26-35-20(15-49(26)37(56)21(22)16-60-38(39)57)34-24(5-4-19-18(2)23(40)9-25(46-35)33(19)34)47-36(55)27-17-59-7-6-48(27)32(54)14-45-31(53)13-44-30(52)12-43-29(51)11-42-28(50)10-41/h8-9,24,27,58H,3-7,10-17,41H2,1-2H3,(H,42,50)(H,43,51)(H,44,52)(H,45,53)(H,47,55)/t24-,27+,39-/m1/s1. The van der Waals surface area contributed by atoms with Crippen LogP contribution < -0.4 is 37.9 Å². The summed E-state index contributed by atoms with van der Waals surface area (Å²) in [5.41, 5.74) is 6.22. The Kier molecular flexibility index (Phi) is 11.7. The molecule has 4 aliphatic rings. The van der Waals surface area contributed by atoms with Gasteiger partial charge in [-0.2, -0.15) is 0 Å². The number of esters is 1. The van der Waals surface area contributed by atoms with Gasteiger partial charge in [0.15, 0.2) is 5.60 Å². The van der Waals surface area contributed by atoms with E-state index < -0.39 is 90.1 Å². The third-order valence-electron chi connectivity index (χ3n) is 11.4. The van der Waals surface area contributed by atoms with E-state index in [2.05, 4.69) is 26.6 Å². The van der Waals surface area contributed by atoms with Crippen LogP contribution in [0.1, 0.15) is 59.2 Å². The number of pyridine rings is 2. The summed E-state index contributed by atoms with van der Waals surface area (Å²) < 4.78 is 27.7. The largest absolute Gasteiger partial charge is 0.458 e. The molecular formula is C39H44FN9O11. The van der Waals surface area contributed by atoms with Gasteiger partial charge in [0.2, 0.25) is 35.4 Å². The number of morpholine rings is 1. The van der Waals surface area contributed by atoms with Crippen LogP contribution in [0.15, 0.2) is 16.9 Å². The van der Waals surface area contributed by atoms with Crippen LogP contribution in [-0.2, 0) is 68.2 Å². The lowest BCUT2D eigenvalue weighted by Gasteiger charge is -2.36. The van der Waals surface area contributed by atoms with Crippen molar-refractivity contribution in [3.63, 3.8) is 0 Å². The average molecular weight is 834 g/mol. The molecule has 7 rings (SSSR count). The summed E-state index contributed by atoms with van der Waals surface area (Å²) >= 11 is 0. The summed E-state index contributed by atoms with van der Waals surface area (Å²) in [4.78, 5) is 108. The topological polar surface area (TPSA) is 282 Å². The smallest absolute Gasteiger partial charge is 0.343 e. The number of amides is 6. The molecule has 2 aromatic heterocycles. The fraction of sp³-hybridized carbons (Fsp3) is 0.462. The molecule has 0 saturated carbocycles. The summed E-state index contributed by atoms with van der Waals surface area (Å²) in [5.74, 6) is -5.10. The van der Waals surface area contributed by atoms with Crippen molar-refractivity contribution >= 4 is 52.3 Å². The lowest BCUT2D eigenvalue weighted by atomic mass is 9.81. The summed E-state index contributed by atoms with van der Waals surface area (Å²) in [5, 5.41) is 24.3. The van der Waals surface area contributed by atoms with Gasteiger partial charge < -0.3 is 56.4 Å². The number of aromatic nitrogens is 2. The van der Waals surface area contributed by atoms with E-state index in [1.165, 1.54) is 15.5 Å². The van der Waals surface area contributed by atoms with Crippen LogP contribution in [0.2, 0.25) is 0 Å². The molecule has 3 aromatic rings. The van der Waals surface area contributed by atoms with Gasteiger partial charge in [0, 0.05) is 29.1 Å². The first-order chi connectivity index (χ1) is 28.7. The molecule has 0 unspecified atom stereocenters. The zero-order valence-corrected chi connectivity index (χ0v) is 32.8. The molecule has 3 atom stereocenters. The second-order valence-corrected chi connectivity index (χ2v) is 14.9. The number of cyclic esters (lactones) is 1. The molecule has 318 valence electrons. The first-order valence-electron chi connectivity index (χ1n) is 19.4. The third-order valence-corrected chi connectivity index (χ3v) is 11.4. The van der Waals surface area contributed by atoms with Crippen molar-refractivity contribution in [2.45, 2.75) is 63.9 Å². The molecule has 1 fully saturated rings. The molecule has 3 aliphatic heterocycles. The molecule has 5 heterocycles. The molecule has 1 aliphatic carbocycles. The first-order valence-corrected chi connectivity index (χ1v) is 19.4. The van der Waals surface area contributed by atoms with Gasteiger partial charge in [-0.05, 0) is 48.9 Å². The molecule has 0 spiro atoms. The third kappa shape index (κ3) is 7.66. The van der Waals surface area contributed by atoms with Gasteiger partial charge in [-0.25, -0.2) is 14.2 Å².